The highest BCUT2D eigenvalue weighted by Gasteiger charge is 2.30. The summed E-state index contributed by atoms with van der Waals surface area (Å²) >= 11 is 0. The average molecular weight is 508 g/mol. The standard InChI is InChI=1S/C24H33N11O2/c1-15-13-35(6-7-37-15)5-4-27-23(36)17-8-20(16(2)28-9-17)31-21-19-12-29-24(32-22(19)34(3)33-21)30-18-10-25-14-26-11-18/h8-12,14-16,21,28,31,33H,4-7,13H2,1-3H3,(H,27,36)(H,29,30,32). The summed E-state index contributed by atoms with van der Waals surface area (Å²) in [6, 6.07) is 0.00230. The third-order valence-corrected chi connectivity index (χ3v) is 6.44. The Morgan fingerprint density at radius 2 is 2.08 bits per heavy atom. The number of morpholine rings is 1. The summed E-state index contributed by atoms with van der Waals surface area (Å²) in [6.45, 7) is 8.00. The molecular formula is C24H33N11O2. The van der Waals surface area contributed by atoms with E-state index in [1.54, 1.807) is 24.8 Å². The van der Waals surface area contributed by atoms with Crippen LogP contribution in [0.5, 0.6) is 0 Å². The molecule has 0 aromatic carbocycles. The van der Waals surface area contributed by atoms with Gasteiger partial charge in [0, 0.05) is 51.3 Å². The first-order chi connectivity index (χ1) is 18.0. The number of rotatable bonds is 8. The van der Waals surface area contributed by atoms with Crippen LogP contribution in [0.4, 0.5) is 17.5 Å². The van der Waals surface area contributed by atoms with E-state index in [-0.39, 0.29) is 24.2 Å². The highest BCUT2D eigenvalue weighted by Crippen LogP contribution is 2.30. The van der Waals surface area contributed by atoms with Gasteiger partial charge in [0.05, 0.1) is 48.0 Å². The lowest BCUT2D eigenvalue weighted by atomic mass is 10.1. The molecule has 0 bridgehead atoms. The van der Waals surface area contributed by atoms with E-state index in [2.05, 4.69) is 58.5 Å². The average Bonchev–Trinajstić information content (AvgIpc) is 3.20. The highest BCUT2D eigenvalue weighted by atomic mass is 16.5. The Morgan fingerprint density at radius 1 is 1.24 bits per heavy atom. The minimum atomic E-state index is -0.254. The minimum Gasteiger partial charge on any atom is -0.382 e. The van der Waals surface area contributed by atoms with Crippen molar-refractivity contribution in [2.75, 3.05) is 50.2 Å². The Bertz CT molecular complexity index is 1170. The van der Waals surface area contributed by atoms with Crippen molar-refractivity contribution in [3.05, 3.63) is 54.0 Å². The second-order valence-corrected chi connectivity index (χ2v) is 9.32. The molecule has 5 heterocycles. The molecule has 1 amide bonds. The Kier molecular flexibility index (Phi) is 7.44. The molecular weight excluding hydrogens is 474 g/mol. The number of aromatic nitrogens is 4. The predicted octanol–water partition coefficient (Wildman–Crippen LogP) is 0.149. The first-order valence-corrected chi connectivity index (χ1v) is 12.4. The second-order valence-electron chi connectivity index (χ2n) is 9.32. The normalized spacial score (nSPS) is 23.4. The molecule has 1 saturated heterocycles. The number of nitrogens with one attached hydrogen (secondary N) is 5. The van der Waals surface area contributed by atoms with Gasteiger partial charge in [-0.05, 0) is 19.9 Å². The van der Waals surface area contributed by atoms with Gasteiger partial charge in [-0.3, -0.25) is 14.7 Å². The molecule has 1 fully saturated rings. The van der Waals surface area contributed by atoms with Crippen molar-refractivity contribution < 1.29 is 9.53 Å². The first-order valence-electron chi connectivity index (χ1n) is 12.4. The van der Waals surface area contributed by atoms with Crippen LogP contribution in [0.3, 0.4) is 0 Å². The molecule has 0 aliphatic carbocycles. The Balaban J connectivity index is 1.20. The summed E-state index contributed by atoms with van der Waals surface area (Å²) in [5.41, 5.74) is 6.42. The SMILES string of the molecule is CC1CN(CCNC(=O)C2=CNC(C)C(NC3NN(C)c4nc(Nc5cncnc5)ncc43)=C2)CCO1. The lowest BCUT2D eigenvalue weighted by Crippen LogP contribution is -2.45. The van der Waals surface area contributed by atoms with Crippen LogP contribution >= 0.6 is 0 Å². The molecule has 2 aromatic rings. The van der Waals surface area contributed by atoms with E-state index >= 15 is 0 Å². The van der Waals surface area contributed by atoms with Gasteiger partial charge >= 0.3 is 0 Å². The lowest BCUT2D eigenvalue weighted by Gasteiger charge is -2.31. The molecule has 13 nitrogen and oxygen atoms in total. The van der Waals surface area contributed by atoms with Crippen LogP contribution < -0.4 is 31.7 Å². The monoisotopic (exact) mass is 507 g/mol. The molecule has 196 valence electrons. The van der Waals surface area contributed by atoms with E-state index < -0.39 is 0 Å². The quantitative estimate of drug-likeness (QED) is 0.332. The van der Waals surface area contributed by atoms with Crippen LogP contribution in [-0.2, 0) is 9.53 Å². The van der Waals surface area contributed by atoms with Gasteiger partial charge in [-0.15, -0.1) is 0 Å². The number of nitrogens with zero attached hydrogens (tertiary/aromatic N) is 6. The summed E-state index contributed by atoms with van der Waals surface area (Å²) in [5.74, 6) is 1.08. The number of dihydropyridines is 1. The number of fused-ring (bicyclic) bond motifs is 1. The fourth-order valence-electron chi connectivity index (χ4n) is 4.47. The van der Waals surface area contributed by atoms with Gasteiger partial charge in [0.1, 0.15) is 12.5 Å². The van der Waals surface area contributed by atoms with E-state index in [9.17, 15) is 4.79 Å². The highest BCUT2D eigenvalue weighted by molar-refractivity contribution is 5.96. The smallest absolute Gasteiger partial charge is 0.252 e. The van der Waals surface area contributed by atoms with E-state index in [1.807, 2.05) is 25.1 Å². The van der Waals surface area contributed by atoms with Gasteiger partial charge in [0.2, 0.25) is 5.95 Å². The summed E-state index contributed by atoms with van der Waals surface area (Å²) in [7, 11) is 1.90. The molecule has 5 rings (SSSR count). The van der Waals surface area contributed by atoms with Crippen LogP contribution in [-0.4, -0.2) is 82.7 Å². The molecule has 3 unspecified atom stereocenters. The van der Waals surface area contributed by atoms with Crippen molar-refractivity contribution in [1.82, 2.24) is 46.2 Å². The zero-order chi connectivity index (χ0) is 25.8. The number of hydrogen-bond donors (Lipinski definition) is 5. The van der Waals surface area contributed by atoms with Gasteiger partial charge in [0.25, 0.3) is 5.91 Å². The maximum atomic E-state index is 12.8. The molecule has 13 heteroatoms. The van der Waals surface area contributed by atoms with Crippen LogP contribution in [0, 0.1) is 0 Å². The van der Waals surface area contributed by atoms with Gasteiger partial charge in [0.15, 0.2) is 5.82 Å². The summed E-state index contributed by atoms with van der Waals surface area (Å²) in [6.07, 6.45) is 10.2. The van der Waals surface area contributed by atoms with Gasteiger partial charge in [-0.1, -0.05) is 0 Å². The van der Waals surface area contributed by atoms with E-state index in [0.29, 0.717) is 23.8 Å². The summed E-state index contributed by atoms with van der Waals surface area (Å²) < 4.78 is 5.58. The molecule has 3 aliphatic rings. The number of hydrogen-bond acceptors (Lipinski definition) is 12. The third-order valence-electron chi connectivity index (χ3n) is 6.44. The van der Waals surface area contributed by atoms with Crippen LogP contribution in [0.2, 0.25) is 0 Å². The van der Waals surface area contributed by atoms with E-state index in [1.165, 1.54) is 6.33 Å². The third kappa shape index (κ3) is 5.96. The fraction of sp³-hybridized carbons (Fsp3) is 0.458. The van der Waals surface area contributed by atoms with E-state index in [4.69, 9.17) is 4.74 Å². The lowest BCUT2D eigenvalue weighted by molar-refractivity contribution is -0.117. The molecule has 5 N–H and O–H groups in total. The van der Waals surface area contributed by atoms with Crippen molar-refractivity contribution >= 4 is 23.4 Å². The second kappa shape index (κ2) is 11.1. The Morgan fingerprint density at radius 3 is 2.89 bits per heavy atom. The zero-order valence-electron chi connectivity index (χ0n) is 21.2. The van der Waals surface area contributed by atoms with Crippen molar-refractivity contribution in [3.8, 4) is 0 Å². The topological polar surface area (TPSA) is 144 Å². The van der Waals surface area contributed by atoms with Crippen molar-refractivity contribution in [3.63, 3.8) is 0 Å². The zero-order valence-corrected chi connectivity index (χ0v) is 21.2. The number of amides is 1. The fourth-order valence-corrected chi connectivity index (χ4v) is 4.47. The predicted molar refractivity (Wildman–Crippen MR) is 138 cm³/mol. The van der Waals surface area contributed by atoms with Crippen molar-refractivity contribution in [2.24, 2.45) is 0 Å². The molecule has 37 heavy (non-hydrogen) atoms. The van der Waals surface area contributed by atoms with Gasteiger partial charge in [-0.25, -0.2) is 20.4 Å². The van der Waals surface area contributed by atoms with Crippen molar-refractivity contribution in [2.45, 2.75) is 32.2 Å². The Labute approximate surface area is 215 Å². The largest absolute Gasteiger partial charge is 0.382 e. The molecule has 2 aromatic heterocycles. The number of carbonyl (C=O) groups is 1. The maximum Gasteiger partial charge on any atom is 0.252 e. The Hall–Kier alpha value is -3.81. The first kappa shape index (κ1) is 24.9. The number of anilines is 3. The van der Waals surface area contributed by atoms with Crippen molar-refractivity contribution in [1.29, 1.82) is 0 Å². The number of carbonyl (C=O) groups excluding carboxylic acids is 1. The van der Waals surface area contributed by atoms with Crippen LogP contribution in [0.25, 0.3) is 0 Å². The molecule has 0 saturated carbocycles. The summed E-state index contributed by atoms with van der Waals surface area (Å²) in [5, 5.41) is 14.8. The van der Waals surface area contributed by atoms with E-state index in [0.717, 1.165) is 43.3 Å². The van der Waals surface area contributed by atoms with Crippen LogP contribution in [0.1, 0.15) is 25.6 Å². The minimum absolute atomic E-state index is 0.00230. The molecule has 0 radical (unpaired) electrons. The molecule has 3 atom stereocenters. The maximum absolute atomic E-state index is 12.8. The van der Waals surface area contributed by atoms with Crippen LogP contribution in [0.15, 0.2) is 48.5 Å². The van der Waals surface area contributed by atoms with Gasteiger partial charge in [-0.2, -0.15) is 4.98 Å². The molecule has 3 aliphatic heterocycles. The number of ether oxygens (including phenoxy) is 1. The molecule has 0 spiro atoms. The number of hydrazine groups is 1. The van der Waals surface area contributed by atoms with Gasteiger partial charge < -0.3 is 26.0 Å². The summed E-state index contributed by atoms with van der Waals surface area (Å²) in [4.78, 5) is 32.2.